The van der Waals surface area contributed by atoms with Gasteiger partial charge in [0.1, 0.15) is 22.7 Å². The number of thiophene rings is 1. The third-order valence-electron chi connectivity index (χ3n) is 3.75. The van der Waals surface area contributed by atoms with E-state index < -0.39 is 10.0 Å². The number of nitrogens with one attached hydrogen (secondary N) is 2. The lowest BCUT2D eigenvalue weighted by atomic mass is 10.0. The molecule has 7 nitrogen and oxygen atoms in total. The Morgan fingerprint density at radius 2 is 2.33 bits per heavy atom. The van der Waals surface area contributed by atoms with Gasteiger partial charge in [0, 0.05) is 24.1 Å². The molecule has 142 valence electrons. The molecule has 1 aliphatic heterocycles. The Morgan fingerprint density at radius 1 is 1.52 bits per heavy atom. The summed E-state index contributed by atoms with van der Waals surface area (Å²) in [6, 6.07) is 8.56. The number of ether oxygens (including phenoxy) is 2. The molecule has 0 spiro atoms. The summed E-state index contributed by atoms with van der Waals surface area (Å²) in [6.45, 7) is 2.06. The van der Waals surface area contributed by atoms with Gasteiger partial charge in [-0.25, -0.2) is 8.42 Å². The van der Waals surface area contributed by atoms with Crippen LogP contribution < -0.4 is 14.8 Å². The van der Waals surface area contributed by atoms with Crippen molar-refractivity contribution in [2.24, 2.45) is 0 Å². The number of benzene rings is 1. The van der Waals surface area contributed by atoms with E-state index in [1.54, 1.807) is 23.6 Å². The fourth-order valence-corrected chi connectivity index (χ4v) is 4.98. The fourth-order valence-electron chi connectivity index (χ4n) is 2.63. The zero-order valence-electron chi connectivity index (χ0n) is 14.4. The monoisotopic (exact) mass is 423 g/mol. The molecule has 0 radical (unpaired) electrons. The summed E-state index contributed by atoms with van der Waals surface area (Å²) in [4.78, 5) is 0. The van der Waals surface area contributed by atoms with E-state index in [1.165, 1.54) is 6.07 Å². The predicted molar refractivity (Wildman–Crippen MR) is 108 cm³/mol. The smallest absolute Gasteiger partial charge is 0.271 e. The number of fused-ring (bicyclic) bond motifs is 1. The van der Waals surface area contributed by atoms with Crippen LogP contribution in [0.15, 0.2) is 33.9 Å². The first-order valence-corrected chi connectivity index (χ1v) is 10.9. The number of nitriles is 1. The maximum atomic E-state index is 12.7. The third kappa shape index (κ3) is 4.68. The van der Waals surface area contributed by atoms with Crippen LogP contribution in [0.2, 0.25) is 0 Å². The molecule has 1 unspecified atom stereocenters. The fraction of sp³-hybridized carbons (Fsp3) is 0.294. The predicted octanol–water partition coefficient (Wildman–Crippen LogP) is 3.50. The minimum atomic E-state index is -3.73. The first-order valence-electron chi connectivity index (χ1n) is 8.09. The Hall–Kier alpha value is -2.35. The molecule has 27 heavy (non-hydrogen) atoms. The molecule has 2 aromatic rings. The molecule has 0 aliphatic carbocycles. The van der Waals surface area contributed by atoms with E-state index in [-0.39, 0.29) is 28.5 Å². The zero-order valence-corrected chi connectivity index (χ0v) is 16.8. The highest BCUT2D eigenvalue weighted by Gasteiger charge is 2.24. The van der Waals surface area contributed by atoms with Crippen molar-refractivity contribution in [1.29, 1.82) is 5.26 Å². The van der Waals surface area contributed by atoms with Crippen LogP contribution in [0, 0.1) is 11.3 Å². The van der Waals surface area contributed by atoms with Gasteiger partial charge in [0.05, 0.1) is 23.9 Å². The summed E-state index contributed by atoms with van der Waals surface area (Å²) < 4.78 is 39.4. The maximum absolute atomic E-state index is 12.7. The van der Waals surface area contributed by atoms with E-state index in [2.05, 4.69) is 10.0 Å². The van der Waals surface area contributed by atoms with E-state index in [1.807, 2.05) is 13.0 Å². The van der Waals surface area contributed by atoms with Gasteiger partial charge in [-0.1, -0.05) is 6.07 Å². The van der Waals surface area contributed by atoms with Crippen molar-refractivity contribution in [1.82, 2.24) is 0 Å². The van der Waals surface area contributed by atoms with E-state index in [4.69, 9.17) is 27.0 Å². The summed E-state index contributed by atoms with van der Waals surface area (Å²) in [5.41, 5.74) is 1.73. The van der Waals surface area contributed by atoms with Gasteiger partial charge in [-0.05, 0) is 30.6 Å². The lowest BCUT2D eigenvalue weighted by Gasteiger charge is -2.17. The lowest BCUT2D eigenvalue weighted by Crippen LogP contribution is -2.17. The molecule has 1 aromatic heterocycles. The summed E-state index contributed by atoms with van der Waals surface area (Å²) in [7, 11) is -3.73. The molecule has 2 N–H and O–H groups in total. The number of thiocarbonyl (C=S) groups is 1. The maximum Gasteiger partial charge on any atom is 0.271 e. The summed E-state index contributed by atoms with van der Waals surface area (Å²) in [5.74, 6) is 0.428. The lowest BCUT2D eigenvalue weighted by molar-refractivity contribution is 0.217. The van der Waals surface area contributed by atoms with Gasteiger partial charge in [-0.2, -0.15) is 5.26 Å². The molecule has 0 amide bonds. The van der Waals surface area contributed by atoms with Crippen LogP contribution >= 0.6 is 23.6 Å². The van der Waals surface area contributed by atoms with E-state index >= 15 is 0 Å². The minimum Gasteiger partial charge on any atom is -0.492 e. The Kier molecular flexibility index (Phi) is 5.84. The van der Waals surface area contributed by atoms with Crippen molar-refractivity contribution in [3.05, 3.63) is 35.2 Å². The SMILES string of the molecule is CC1Cc2c(cc(OCCC#N)cc2NS(=O)(=O)c2cccs2)NC(=S)O1. The second-order valence-electron chi connectivity index (χ2n) is 5.84. The minimum absolute atomic E-state index is 0.198. The molecule has 1 aliphatic rings. The molecule has 1 aromatic carbocycles. The topological polar surface area (TPSA) is 100 Å². The molecular weight excluding hydrogens is 406 g/mol. The Bertz CT molecular complexity index is 982. The first kappa shape index (κ1) is 19.4. The van der Waals surface area contributed by atoms with Crippen molar-refractivity contribution in [3.63, 3.8) is 0 Å². The molecule has 2 heterocycles. The van der Waals surface area contributed by atoms with Gasteiger partial charge in [0.25, 0.3) is 15.2 Å². The number of nitrogens with zero attached hydrogens (tertiary/aromatic N) is 1. The molecule has 1 atom stereocenters. The van der Waals surface area contributed by atoms with Crippen LogP contribution in [0.3, 0.4) is 0 Å². The standard InChI is InChI=1S/C17H17N3O4S3/c1-11-8-13-14(19-17(25)24-11)9-12(23-6-3-5-18)10-15(13)20-27(21,22)16-4-2-7-26-16/h2,4,7,9-11,20H,3,6,8H2,1H3,(H,19,25). The van der Waals surface area contributed by atoms with Gasteiger partial charge in [0.15, 0.2) is 0 Å². The number of hydrogen-bond donors (Lipinski definition) is 2. The normalized spacial score (nSPS) is 16.3. The van der Waals surface area contributed by atoms with Gasteiger partial charge in [-0.3, -0.25) is 4.72 Å². The second-order valence-corrected chi connectivity index (χ2v) is 9.06. The largest absolute Gasteiger partial charge is 0.492 e. The Morgan fingerprint density at radius 3 is 3.04 bits per heavy atom. The molecule has 10 heteroatoms. The van der Waals surface area contributed by atoms with Gasteiger partial charge < -0.3 is 14.8 Å². The number of hydrogen-bond acceptors (Lipinski definition) is 7. The van der Waals surface area contributed by atoms with Crippen LogP contribution in [-0.4, -0.2) is 26.3 Å². The van der Waals surface area contributed by atoms with Crippen LogP contribution in [0.1, 0.15) is 18.9 Å². The molecule has 3 rings (SSSR count). The summed E-state index contributed by atoms with van der Waals surface area (Å²) in [5, 5.41) is 13.6. The summed E-state index contributed by atoms with van der Waals surface area (Å²) in [6.07, 6.45) is 0.462. The van der Waals surface area contributed by atoms with E-state index in [0.717, 1.165) is 16.9 Å². The van der Waals surface area contributed by atoms with Crippen LogP contribution in [-0.2, 0) is 21.2 Å². The number of rotatable bonds is 6. The highest BCUT2D eigenvalue weighted by Crippen LogP contribution is 2.35. The first-order chi connectivity index (χ1) is 12.9. The zero-order chi connectivity index (χ0) is 19.4. The van der Waals surface area contributed by atoms with Crippen molar-refractivity contribution >= 4 is 50.1 Å². The second kappa shape index (κ2) is 8.12. The molecular formula is C17H17N3O4S3. The quantitative estimate of drug-likeness (QED) is 0.542. The van der Waals surface area contributed by atoms with Crippen molar-refractivity contribution < 1.29 is 17.9 Å². The summed E-state index contributed by atoms with van der Waals surface area (Å²) >= 11 is 6.29. The van der Waals surface area contributed by atoms with Gasteiger partial charge >= 0.3 is 0 Å². The highest BCUT2D eigenvalue weighted by molar-refractivity contribution is 7.94. The highest BCUT2D eigenvalue weighted by atomic mass is 32.2. The third-order valence-corrected chi connectivity index (χ3v) is 6.71. The van der Waals surface area contributed by atoms with Gasteiger partial charge in [-0.15, -0.1) is 11.3 Å². The average Bonchev–Trinajstić information content (AvgIpc) is 3.08. The van der Waals surface area contributed by atoms with Gasteiger partial charge in [0.2, 0.25) is 0 Å². The number of anilines is 2. The average molecular weight is 424 g/mol. The number of sulfonamides is 1. The molecule has 0 fully saturated rings. The van der Waals surface area contributed by atoms with Crippen molar-refractivity contribution in [2.75, 3.05) is 16.6 Å². The van der Waals surface area contributed by atoms with E-state index in [9.17, 15) is 8.42 Å². The Labute approximate surface area is 167 Å². The van der Waals surface area contributed by atoms with Crippen LogP contribution in [0.5, 0.6) is 5.75 Å². The van der Waals surface area contributed by atoms with Crippen molar-refractivity contribution in [2.45, 2.75) is 30.1 Å². The van der Waals surface area contributed by atoms with Crippen molar-refractivity contribution in [3.8, 4) is 11.8 Å². The molecule has 0 bridgehead atoms. The van der Waals surface area contributed by atoms with Crippen LogP contribution in [0.4, 0.5) is 11.4 Å². The molecule has 0 saturated carbocycles. The van der Waals surface area contributed by atoms with E-state index in [0.29, 0.717) is 23.5 Å². The van der Waals surface area contributed by atoms with Crippen LogP contribution in [0.25, 0.3) is 0 Å². The Balaban J connectivity index is 2.02. The molecule has 0 saturated heterocycles.